The summed E-state index contributed by atoms with van der Waals surface area (Å²) in [6.07, 6.45) is -3.64. The van der Waals surface area contributed by atoms with E-state index < -0.39 is 34.9 Å². The van der Waals surface area contributed by atoms with Gasteiger partial charge in [-0.1, -0.05) is 0 Å². The van der Waals surface area contributed by atoms with Gasteiger partial charge in [0.2, 0.25) is 0 Å². The summed E-state index contributed by atoms with van der Waals surface area (Å²) in [5.41, 5.74) is 3.48. The number of rotatable bonds is 8. The molecule has 3 rings (SSSR count). The van der Waals surface area contributed by atoms with Crippen molar-refractivity contribution in [1.29, 1.82) is 0 Å². The molecule has 2 aromatic carbocycles. The summed E-state index contributed by atoms with van der Waals surface area (Å²) in [5, 5.41) is 2.43. The minimum absolute atomic E-state index is 0.0560. The van der Waals surface area contributed by atoms with Crippen LogP contribution in [0, 0.1) is 0 Å². The van der Waals surface area contributed by atoms with Gasteiger partial charge in [-0.25, -0.2) is 0 Å². The highest BCUT2D eigenvalue weighted by molar-refractivity contribution is 6.09. The van der Waals surface area contributed by atoms with Gasteiger partial charge >= 0.3 is 6.18 Å². The quantitative estimate of drug-likeness (QED) is 0.459. The maximum Gasteiger partial charge on any atom is 0.419 e. The van der Waals surface area contributed by atoms with E-state index in [9.17, 15) is 22.8 Å². The highest BCUT2D eigenvalue weighted by Crippen LogP contribution is 2.43. The second-order valence-electron chi connectivity index (χ2n) is 7.51. The van der Waals surface area contributed by atoms with Gasteiger partial charge in [0, 0.05) is 11.9 Å². The number of alkyl halides is 3. The van der Waals surface area contributed by atoms with E-state index >= 15 is 0 Å². The van der Waals surface area contributed by atoms with E-state index in [2.05, 4.69) is 10.3 Å². The van der Waals surface area contributed by atoms with Gasteiger partial charge in [0.15, 0.2) is 0 Å². The van der Waals surface area contributed by atoms with Gasteiger partial charge in [0.1, 0.15) is 34.3 Å². The number of hydrogen-bond acceptors (Lipinski definition) is 6. The number of carbonyl (C=O) groups is 2. The maximum atomic E-state index is 13.6. The largest absolute Gasteiger partial charge is 0.495 e. The number of anilines is 1. The summed E-state index contributed by atoms with van der Waals surface area (Å²) in [4.78, 5) is 28.3. The number of aromatic nitrogens is 1. The lowest BCUT2D eigenvalue weighted by Crippen LogP contribution is -2.18. The first-order chi connectivity index (χ1) is 16.5. The monoisotopic (exact) mass is 489 g/mol. The van der Waals surface area contributed by atoms with E-state index in [4.69, 9.17) is 19.9 Å². The third kappa shape index (κ3) is 6.19. The second kappa shape index (κ2) is 10.3. The molecule has 3 N–H and O–H groups in total. The number of primary amides is 1. The topological polar surface area (TPSA) is 113 Å². The fraction of sp³-hybridized carbons (Fsp3) is 0.208. The number of nitrogens with one attached hydrogen (secondary N) is 1. The molecule has 0 aliphatic heterocycles. The predicted octanol–water partition coefficient (Wildman–Crippen LogP) is 5.04. The Kier molecular flexibility index (Phi) is 7.48. The van der Waals surface area contributed by atoms with E-state index in [1.807, 2.05) is 13.8 Å². The molecule has 0 bridgehead atoms. The highest BCUT2D eigenvalue weighted by atomic mass is 19.4. The van der Waals surface area contributed by atoms with E-state index in [-0.39, 0.29) is 29.0 Å². The van der Waals surface area contributed by atoms with Crippen LogP contribution in [0.2, 0.25) is 0 Å². The molecule has 35 heavy (non-hydrogen) atoms. The summed E-state index contributed by atoms with van der Waals surface area (Å²) in [7, 11) is 1.01. The van der Waals surface area contributed by atoms with Crippen molar-refractivity contribution in [3.8, 4) is 23.0 Å². The molecule has 11 heteroatoms. The Hall–Kier alpha value is -4.28. The minimum atomic E-state index is -4.80. The Balaban J connectivity index is 2.03. The number of benzene rings is 2. The van der Waals surface area contributed by atoms with Crippen LogP contribution in [0.1, 0.15) is 40.3 Å². The van der Waals surface area contributed by atoms with E-state index in [0.29, 0.717) is 5.75 Å². The van der Waals surface area contributed by atoms with Crippen molar-refractivity contribution in [2.24, 2.45) is 5.73 Å². The number of amides is 2. The fourth-order valence-electron chi connectivity index (χ4n) is 3.12. The molecule has 0 saturated carbocycles. The molecule has 3 aromatic rings. The zero-order valence-electron chi connectivity index (χ0n) is 19.0. The predicted molar refractivity (Wildman–Crippen MR) is 121 cm³/mol. The molecule has 184 valence electrons. The second-order valence-corrected chi connectivity index (χ2v) is 7.51. The molecule has 1 aromatic heterocycles. The molecular weight excluding hydrogens is 467 g/mol. The lowest BCUT2D eigenvalue weighted by molar-refractivity contribution is -0.138. The standard InChI is InChI=1S/C24H22F3N3O5/c1-13(2)34-15-4-6-16(7-5-15)35-19-9-8-17(24(25,26)27)21(33-3)20(19)23(32)30-14-10-11-29-18(12-14)22(28)31/h4-13H,1-3H3,(H2,28,31)(H,29,30,32). The van der Waals surface area contributed by atoms with Crippen LogP contribution >= 0.6 is 0 Å². The Labute approximate surface area is 198 Å². The van der Waals surface area contributed by atoms with Crippen molar-refractivity contribution >= 4 is 17.5 Å². The smallest absolute Gasteiger partial charge is 0.419 e. The normalized spacial score (nSPS) is 11.2. The van der Waals surface area contributed by atoms with Crippen molar-refractivity contribution in [1.82, 2.24) is 4.98 Å². The van der Waals surface area contributed by atoms with Crippen LogP contribution in [0.4, 0.5) is 18.9 Å². The third-order valence-electron chi connectivity index (χ3n) is 4.55. The van der Waals surface area contributed by atoms with Crippen LogP contribution in [0.3, 0.4) is 0 Å². The minimum Gasteiger partial charge on any atom is -0.495 e. The van der Waals surface area contributed by atoms with E-state index in [1.54, 1.807) is 24.3 Å². The number of carbonyl (C=O) groups excluding carboxylic acids is 2. The Bertz CT molecular complexity index is 1230. The van der Waals surface area contributed by atoms with Crippen molar-refractivity contribution < 1.29 is 37.0 Å². The first kappa shape index (κ1) is 25.3. The van der Waals surface area contributed by atoms with Gasteiger partial charge in [-0.05, 0) is 62.4 Å². The van der Waals surface area contributed by atoms with Gasteiger partial charge in [-0.15, -0.1) is 0 Å². The van der Waals surface area contributed by atoms with Crippen LogP contribution < -0.4 is 25.3 Å². The lowest BCUT2D eigenvalue weighted by atomic mass is 10.1. The fourth-order valence-corrected chi connectivity index (χ4v) is 3.12. The molecule has 0 unspecified atom stereocenters. The van der Waals surface area contributed by atoms with Gasteiger partial charge in [-0.3, -0.25) is 14.6 Å². The zero-order chi connectivity index (χ0) is 25.8. The first-order valence-electron chi connectivity index (χ1n) is 10.3. The number of pyridine rings is 1. The molecule has 8 nitrogen and oxygen atoms in total. The molecule has 0 radical (unpaired) electrons. The molecule has 0 atom stereocenters. The van der Waals surface area contributed by atoms with Crippen molar-refractivity contribution in [3.05, 3.63) is 71.5 Å². The highest BCUT2D eigenvalue weighted by Gasteiger charge is 2.38. The molecule has 0 aliphatic rings. The van der Waals surface area contributed by atoms with Crippen molar-refractivity contribution in [2.45, 2.75) is 26.1 Å². The van der Waals surface area contributed by atoms with Crippen molar-refractivity contribution in [2.75, 3.05) is 12.4 Å². The molecule has 0 spiro atoms. The Morgan fingerprint density at radius 2 is 1.69 bits per heavy atom. The third-order valence-corrected chi connectivity index (χ3v) is 4.55. The summed E-state index contributed by atoms with van der Waals surface area (Å²) in [6, 6.07) is 10.7. The van der Waals surface area contributed by atoms with Crippen molar-refractivity contribution in [3.63, 3.8) is 0 Å². The van der Waals surface area contributed by atoms with Crippen LogP contribution in [0.25, 0.3) is 0 Å². The molecule has 0 saturated heterocycles. The van der Waals surface area contributed by atoms with Gasteiger partial charge in [-0.2, -0.15) is 13.2 Å². The van der Waals surface area contributed by atoms with Gasteiger partial charge in [0.25, 0.3) is 11.8 Å². The number of methoxy groups -OCH3 is 1. The zero-order valence-corrected chi connectivity index (χ0v) is 19.0. The molecular formula is C24H22F3N3O5. The Morgan fingerprint density at radius 1 is 1.03 bits per heavy atom. The SMILES string of the molecule is COc1c(C(F)(F)F)ccc(Oc2ccc(OC(C)C)cc2)c1C(=O)Nc1ccnc(C(N)=O)c1. The number of hydrogen-bond donors (Lipinski definition) is 2. The summed E-state index contributed by atoms with van der Waals surface area (Å²) in [5.74, 6) is -1.91. The molecule has 0 fully saturated rings. The van der Waals surface area contributed by atoms with Crippen LogP contribution in [-0.4, -0.2) is 30.0 Å². The number of halogens is 3. The van der Waals surface area contributed by atoms with Gasteiger partial charge < -0.3 is 25.3 Å². The molecule has 2 amide bonds. The number of nitrogens with zero attached hydrogens (tertiary/aromatic N) is 1. The molecule has 0 aliphatic carbocycles. The number of nitrogens with two attached hydrogens (primary N) is 1. The van der Waals surface area contributed by atoms with Crippen LogP contribution in [-0.2, 0) is 6.18 Å². The summed E-state index contributed by atoms with van der Waals surface area (Å²) >= 11 is 0. The first-order valence-corrected chi connectivity index (χ1v) is 10.3. The maximum absolute atomic E-state index is 13.6. The molecule has 1 heterocycles. The average Bonchev–Trinajstić information content (AvgIpc) is 2.79. The van der Waals surface area contributed by atoms with E-state index in [1.165, 1.54) is 18.3 Å². The summed E-state index contributed by atoms with van der Waals surface area (Å²) in [6.45, 7) is 3.72. The van der Waals surface area contributed by atoms with E-state index in [0.717, 1.165) is 19.2 Å². The van der Waals surface area contributed by atoms with Crippen LogP contribution in [0.5, 0.6) is 23.0 Å². The van der Waals surface area contributed by atoms with Gasteiger partial charge in [0.05, 0.1) is 18.8 Å². The summed E-state index contributed by atoms with van der Waals surface area (Å²) < 4.78 is 57.2. The lowest BCUT2D eigenvalue weighted by Gasteiger charge is -2.19. The Morgan fingerprint density at radius 3 is 2.26 bits per heavy atom. The average molecular weight is 489 g/mol. The van der Waals surface area contributed by atoms with Crippen LogP contribution in [0.15, 0.2) is 54.7 Å². The number of ether oxygens (including phenoxy) is 3.